The molecule has 3 rings (SSSR count). The summed E-state index contributed by atoms with van der Waals surface area (Å²) in [4.78, 5) is 21.1. The predicted octanol–water partition coefficient (Wildman–Crippen LogP) is 7.88. The molecule has 4 atom stereocenters. The highest BCUT2D eigenvalue weighted by molar-refractivity contribution is 5.81. The number of carbonyl (C=O) groups excluding carboxylic acids is 1. The predicted molar refractivity (Wildman–Crippen MR) is 142 cm³/mol. The fourth-order valence-electron chi connectivity index (χ4n) is 3.94. The summed E-state index contributed by atoms with van der Waals surface area (Å²) < 4.78 is 53.8. The van der Waals surface area contributed by atoms with Gasteiger partial charge in [0.1, 0.15) is 23.8 Å². The summed E-state index contributed by atoms with van der Waals surface area (Å²) in [6, 6.07) is 13.6. The number of hydrogen-bond donors (Lipinski definition) is 0. The standard InChI is InChI=1S/C30H35F3N2O3/c1-5-7-17-30(4,33)29(36)37-23-15-13-21(14-16-23)22-18-34-28(35-19-22)24-11-8-9-12-25(24)38-26(10-6-2)27(32)20(3)31/h8-9,11-16,18-20,26-27H,5-7,10,17H2,1-4H3. The van der Waals surface area contributed by atoms with Crippen molar-refractivity contribution in [1.29, 1.82) is 0 Å². The number of para-hydroxylation sites is 1. The molecule has 204 valence electrons. The molecule has 1 aromatic heterocycles. The van der Waals surface area contributed by atoms with Crippen molar-refractivity contribution >= 4 is 5.97 Å². The molecule has 8 heteroatoms. The average molecular weight is 529 g/mol. The second-order valence-corrected chi connectivity index (χ2v) is 9.57. The van der Waals surface area contributed by atoms with E-state index in [1.165, 1.54) is 13.8 Å². The van der Waals surface area contributed by atoms with Crippen molar-refractivity contribution in [2.45, 2.75) is 83.9 Å². The number of halogens is 3. The van der Waals surface area contributed by atoms with Crippen LogP contribution in [-0.4, -0.2) is 40.1 Å². The van der Waals surface area contributed by atoms with Crippen LogP contribution in [0.15, 0.2) is 60.9 Å². The number of rotatable bonds is 13. The van der Waals surface area contributed by atoms with Gasteiger partial charge in [0, 0.05) is 18.0 Å². The maximum Gasteiger partial charge on any atom is 0.348 e. The third kappa shape index (κ3) is 7.55. The van der Waals surface area contributed by atoms with E-state index in [9.17, 15) is 18.0 Å². The Morgan fingerprint density at radius 3 is 2.24 bits per heavy atom. The minimum absolute atomic E-state index is 0.112. The molecular formula is C30H35F3N2O3. The van der Waals surface area contributed by atoms with Crippen LogP contribution < -0.4 is 9.47 Å². The Morgan fingerprint density at radius 1 is 0.974 bits per heavy atom. The number of esters is 1. The maximum atomic E-state index is 14.6. The zero-order valence-electron chi connectivity index (χ0n) is 22.3. The molecular weight excluding hydrogens is 493 g/mol. The van der Waals surface area contributed by atoms with E-state index in [0.717, 1.165) is 12.0 Å². The van der Waals surface area contributed by atoms with E-state index >= 15 is 0 Å². The molecule has 0 amide bonds. The van der Waals surface area contributed by atoms with Crippen molar-refractivity contribution in [2.75, 3.05) is 0 Å². The average Bonchev–Trinajstić information content (AvgIpc) is 2.92. The van der Waals surface area contributed by atoms with Crippen molar-refractivity contribution in [1.82, 2.24) is 9.97 Å². The lowest BCUT2D eigenvalue weighted by Crippen LogP contribution is -2.34. The number of ether oxygens (including phenoxy) is 2. The van der Waals surface area contributed by atoms with E-state index in [1.54, 1.807) is 60.9 Å². The molecule has 0 spiro atoms. The van der Waals surface area contributed by atoms with Gasteiger partial charge in [0.15, 0.2) is 12.0 Å². The van der Waals surface area contributed by atoms with Crippen molar-refractivity contribution < 1.29 is 27.4 Å². The van der Waals surface area contributed by atoms with Crippen molar-refractivity contribution in [3.63, 3.8) is 0 Å². The molecule has 5 nitrogen and oxygen atoms in total. The third-order valence-electron chi connectivity index (χ3n) is 6.25. The molecule has 0 aliphatic carbocycles. The zero-order chi connectivity index (χ0) is 27.7. The van der Waals surface area contributed by atoms with Crippen LogP contribution in [0.1, 0.15) is 59.8 Å². The smallest absolute Gasteiger partial charge is 0.348 e. The number of benzene rings is 2. The van der Waals surface area contributed by atoms with Gasteiger partial charge in [-0.1, -0.05) is 51.0 Å². The lowest BCUT2D eigenvalue weighted by atomic mass is 10.0. The molecule has 0 radical (unpaired) electrons. The van der Waals surface area contributed by atoms with E-state index in [0.29, 0.717) is 42.0 Å². The Morgan fingerprint density at radius 2 is 1.63 bits per heavy atom. The van der Waals surface area contributed by atoms with E-state index in [-0.39, 0.29) is 12.2 Å². The summed E-state index contributed by atoms with van der Waals surface area (Å²) in [7, 11) is 0. The fourth-order valence-corrected chi connectivity index (χ4v) is 3.94. The number of aromatic nitrogens is 2. The van der Waals surface area contributed by atoms with Gasteiger partial charge in [-0.3, -0.25) is 0 Å². The van der Waals surface area contributed by atoms with Gasteiger partial charge >= 0.3 is 5.97 Å². The second-order valence-electron chi connectivity index (χ2n) is 9.57. The number of alkyl halides is 3. The highest BCUT2D eigenvalue weighted by Gasteiger charge is 2.34. The zero-order valence-corrected chi connectivity index (χ0v) is 22.3. The summed E-state index contributed by atoms with van der Waals surface area (Å²) in [5.74, 6) is 0.0989. The summed E-state index contributed by atoms with van der Waals surface area (Å²) >= 11 is 0. The molecule has 3 aromatic rings. The number of carbonyl (C=O) groups is 1. The monoisotopic (exact) mass is 528 g/mol. The highest BCUT2D eigenvalue weighted by Crippen LogP contribution is 2.31. The summed E-state index contributed by atoms with van der Waals surface area (Å²) in [6.07, 6.45) is 1.47. The van der Waals surface area contributed by atoms with E-state index in [1.807, 2.05) is 13.8 Å². The fraction of sp³-hybridized carbons (Fsp3) is 0.433. The lowest BCUT2D eigenvalue weighted by Gasteiger charge is -2.24. The Hall–Kier alpha value is -3.42. The molecule has 0 aliphatic rings. The third-order valence-corrected chi connectivity index (χ3v) is 6.25. The number of nitrogens with zero attached hydrogens (tertiary/aromatic N) is 2. The Balaban J connectivity index is 1.74. The SMILES string of the molecule is CCCCC(C)(F)C(=O)Oc1ccc(-c2cnc(-c3ccccc3OC(CCC)C(F)C(C)F)nc2)cc1. The first kappa shape index (κ1) is 29.1. The van der Waals surface area contributed by atoms with Gasteiger partial charge in [0.25, 0.3) is 0 Å². The number of hydrogen-bond acceptors (Lipinski definition) is 5. The molecule has 0 saturated carbocycles. The first-order chi connectivity index (χ1) is 18.2. The normalized spacial score (nSPS) is 15.2. The number of unbranched alkanes of at least 4 members (excludes halogenated alkanes) is 1. The van der Waals surface area contributed by atoms with Crippen LogP contribution in [0.25, 0.3) is 22.5 Å². The van der Waals surface area contributed by atoms with Crippen molar-refractivity contribution in [3.05, 3.63) is 60.9 Å². The van der Waals surface area contributed by atoms with Crippen LogP contribution in [0.3, 0.4) is 0 Å². The Bertz CT molecular complexity index is 1170. The molecule has 1 heterocycles. The minimum Gasteiger partial charge on any atom is -0.487 e. The molecule has 0 aliphatic heterocycles. The van der Waals surface area contributed by atoms with Gasteiger partial charge < -0.3 is 9.47 Å². The van der Waals surface area contributed by atoms with Crippen LogP contribution in [-0.2, 0) is 4.79 Å². The molecule has 0 N–H and O–H groups in total. The van der Waals surface area contributed by atoms with Crippen LogP contribution in [0, 0.1) is 0 Å². The van der Waals surface area contributed by atoms with E-state index in [4.69, 9.17) is 9.47 Å². The van der Waals surface area contributed by atoms with Gasteiger partial charge in [0.2, 0.25) is 5.67 Å². The Kier molecular flexibility index (Phi) is 10.3. The van der Waals surface area contributed by atoms with Gasteiger partial charge in [-0.05, 0) is 62.9 Å². The maximum absolute atomic E-state index is 14.6. The molecule has 0 saturated heterocycles. The van der Waals surface area contributed by atoms with Crippen LogP contribution in [0.4, 0.5) is 13.2 Å². The molecule has 2 aromatic carbocycles. The Labute approximate surface area is 222 Å². The second kappa shape index (κ2) is 13.4. The molecule has 38 heavy (non-hydrogen) atoms. The van der Waals surface area contributed by atoms with Crippen LogP contribution in [0.2, 0.25) is 0 Å². The summed E-state index contributed by atoms with van der Waals surface area (Å²) in [6.45, 7) is 6.25. The topological polar surface area (TPSA) is 61.3 Å². The van der Waals surface area contributed by atoms with Gasteiger partial charge in [-0.2, -0.15) is 0 Å². The highest BCUT2D eigenvalue weighted by atomic mass is 19.2. The van der Waals surface area contributed by atoms with Gasteiger partial charge in [0.05, 0.1) is 5.56 Å². The summed E-state index contributed by atoms with van der Waals surface area (Å²) in [5.41, 5.74) is 0.0141. The van der Waals surface area contributed by atoms with Gasteiger partial charge in [-0.25, -0.2) is 27.9 Å². The van der Waals surface area contributed by atoms with Crippen LogP contribution >= 0.6 is 0 Å². The molecule has 0 bridgehead atoms. The van der Waals surface area contributed by atoms with E-state index in [2.05, 4.69) is 9.97 Å². The first-order valence-electron chi connectivity index (χ1n) is 13.0. The molecule has 0 fully saturated rings. The molecule has 4 unspecified atom stereocenters. The lowest BCUT2D eigenvalue weighted by molar-refractivity contribution is -0.147. The van der Waals surface area contributed by atoms with Crippen LogP contribution in [0.5, 0.6) is 11.5 Å². The van der Waals surface area contributed by atoms with Gasteiger partial charge in [-0.15, -0.1) is 0 Å². The van der Waals surface area contributed by atoms with Crippen molar-refractivity contribution in [2.24, 2.45) is 0 Å². The van der Waals surface area contributed by atoms with E-state index < -0.39 is 30.1 Å². The largest absolute Gasteiger partial charge is 0.487 e. The quantitative estimate of drug-likeness (QED) is 0.167. The summed E-state index contributed by atoms with van der Waals surface area (Å²) in [5, 5.41) is 0. The van der Waals surface area contributed by atoms with Crippen molar-refractivity contribution in [3.8, 4) is 34.0 Å². The first-order valence-corrected chi connectivity index (χ1v) is 13.0. The minimum atomic E-state index is -2.04.